The van der Waals surface area contributed by atoms with Gasteiger partial charge in [0.2, 0.25) is 0 Å². The van der Waals surface area contributed by atoms with Crippen molar-refractivity contribution in [2.45, 2.75) is 297 Å². The zero-order chi connectivity index (χ0) is 54.3. The first-order chi connectivity index (χ1) is 37.0. The summed E-state index contributed by atoms with van der Waals surface area (Å²) >= 11 is 0. The molecule has 0 rings (SSSR count). The number of carbonyl (C=O) groups is 3. The lowest BCUT2D eigenvalue weighted by atomic mass is 10.1. The lowest BCUT2D eigenvalue weighted by molar-refractivity contribution is -0.167. The van der Waals surface area contributed by atoms with Gasteiger partial charge in [0.1, 0.15) is 13.2 Å². The van der Waals surface area contributed by atoms with E-state index in [9.17, 15) is 14.4 Å². The van der Waals surface area contributed by atoms with E-state index in [1.807, 2.05) is 0 Å². The lowest BCUT2D eigenvalue weighted by Crippen LogP contribution is -2.30. The van der Waals surface area contributed by atoms with Gasteiger partial charge < -0.3 is 14.2 Å². The number of unbranched alkanes of at least 4 members (excludes halogenated alkanes) is 27. The second kappa shape index (κ2) is 62.6. The summed E-state index contributed by atoms with van der Waals surface area (Å²) in [4.78, 5) is 38.3. The molecule has 0 N–H and O–H groups in total. The Morgan fingerprint density at radius 2 is 0.520 bits per heavy atom. The maximum atomic E-state index is 12.9. The van der Waals surface area contributed by atoms with Crippen molar-refractivity contribution in [1.29, 1.82) is 0 Å². The highest BCUT2D eigenvalue weighted by Gasteiger charge is 2.19. The molecule has 0 saturated heterocycles. The second-order valence-electron chi connectivity index (χ2n) is 20.6. The molecule has 0 fully saturated rings. The van der Waals surface area contributed by atoms with Crippen LogP contribution in [0.1, 0.15) is 290 Å². The number of carbonyl (C=O) groups excluding carboxylic acids is 3. The van der Waals surface area contributed by atoms with Crippen LogP contribution in [0.3, 0.4) is 0 Å². The van der Waals surface area contributed by atoms with Crippen LogP contribution < -0.4 is 0 Å². The van der Waals surface area contributed by atoms with Crippen LogP contribution in [0.5, 0.6) is 0 Å². The molecule has 0 heterocycles. The van der Waals surface area contributed by atoms with Crippen LogP contribution in [0.4, 0.5) is 0 Å². The minimum Gasteiger partial charge on any atom is -0.462 e. The highest BCUT2D eigenvalue weighted by atomic mass is 16.6. The molecule has 0 bridgehead atoms. The highest BCUT2D eigenvalue weighted by molar-refractivity contribution is 5.71. The van der Waals surface area contributed by atoms with Crippen molar-refractivity contribution >= 4 is 17.9 Å². The van der Waals surface area contributed by atoms with Gasteiger partial charge in [0.25, 0.3) is 0 Å². The maximum Gasteiger partial charge on any atom is 0.306 e. The molecule has 0 aliphatic rings. The summed E-state index contributed by atoms with van der Waals surface area (Å²) in [5.41, 5.74) is 0. The van der Waals surface area contributed by atoms with Gasteiger partial charge in [-0.1, -0.05) is 252 Å². The summed E-state index contributed by atoms with van der Waals surface area (Å²) in [6.45, 7) is 6.47. The third-order valence-electron chi connectivity index (χ3n) is 13.2. The van der Waals surface area contributed by atoms with E-state index in [0.29, 0.717) is 19.3 Å². The first-order valence-corrected chi connectivity index (χ1v) is 31.4. The fraction of sp³-hybridized carbons (Fsp3) is 0.696. The number of hydrogen-bond acceptors (Lipinski definition) is 6. The average molecular weight is 1040 g/mol. The Hall–Kier alpha value is -3.93. The van der Waals surface area contributed by atoms with Gasteiger partial charge in [0.15, 0.2) is 6.10 Å². The molecule has 0 aliphatic carbocycles. The van der Waals surface area contributed by atoms with E-state index in [4.69, 9.17) is 14.2 Å². The predicted octanol–water partition coefficient (Wildman–Crippen LogP) is 21.4. The predicted molar refractivity (Wildman–Crippen MR) is 325 cm³/mol. The van der Waals surface area contributed by atoms with Crippen molar-refractivity contribution in [2.75, 3.05) is 13.2 Å². The molecule has 428 valence electrons. The Morgan fingerprint density at radius 1 is 0.280 bits per heavy atom. The van der Waals surface area contributed by atoms with Crippen LogP contribution in [-0.2, 0) is 28.6 Å². The normalized spacial score (nSPS) is 12.8. The number of esters is 3. The highest BCUT2D eigenvalue weighted by Crippen LogP contribution is 2.15. The summed E-state index contributed by atoms with van der Waals surface area (Å²) in [5.74, 6) is -0.938. The zero-order valence-electron chi connectivity index (χ0n) is 49.0. The number of ether oxygens (including phenoxy) is 3. The Labute approximate surface area is 463 Å². The van der Waals surface area contributed by atoms with Crippen molar-refractivity contribution in [3.8, 4) is 0 Å². The van der Waals surface area contributed by atoms with Crippen molar-refractivity contribution < 1.29 is 28.6 Å². The monoisotopic (exact) mass is 1040 g/mol. The molecule has 0 aromatic heterocycles. The van der Waals surface area contributed by atoms with E-state index in [1.54, 1.807) is 0 Å². The average Bonchev–Trinajstić information content (AvgIpc) is 3.41. The molecule has 75 heavy (non-hydrogen) atoms. The Bertz CT molecular complexity index is 1520. The van der Waals surface area contributed by atoms with Gasteiger partial charge in [-0.3, -0.25) is 14.4 Å². The van der Waals surface area contributed by atoms with Crippen molar-refractivity contribution in [3.63, 3.8) is 0 Å². The van der Waals surface area contributed by atoms with Crippen LogP contribution >= 0.6 is 0 Å². The Balaban J connectivity index is 4.48. The summed E-state index contributed by atoms with van der Waals surface area (Å²) in [6, 6.07) is 0. The molecule has 0 aliphatic heterocycles. The molecule has 0 aromatic rings. The van der Waals surface area contributed by atoms with Gasteiger partial charge in [-0.15, -0.1) is 0 Å². The molecule has 1 atom stereocenters. The molecule has 0 saturated carbocycles. The van der Waals surface area contributed by atoms with Crippen LogP contribution in [0.2, 0.25) is 0 Å². The maximum absolute atomic E-state index is 12.9. The molecule has 6 nitrogen and oxygen atoms in total. The van der Waals surface area contributed by atoms with Gasteiger partial charge in [-0.25, -0.2) is 0 Å². The quantitative estimate of drug-likeness (QED) is 0.0261. The Morgan fingerprint density at radius 3 is 0.867 bits per heavy atom. The first kappa shape index (κ1) is 71.1. The SMILES string of the molecule is CC/C=C\C/C=C\C/C=C\C/C=C\C/C=C\CCCCCC(=O)OC[C@@H](COC(=O)CCCCCCCCCCC/C=C\CCCCCCCC)OC(=O)CCCCCCCC/C=C\C/C=C\C/C=C\CCCCC. The van der Waals surface area contributed by atoms with Crippen LogP contribution in [0.25, 0.3) is 0 Å². The molecular weight excluding hydrogens is 925 g/mol. The number of rotatable bonds is 56. The topological polar surface area (TPSA) is 78.9 Å². The van der Waals surface area contributed by atoms with Crippen molar-refractivity contribution in [2.24, 2.45) is 0 Å². The van der Waals surface area contributed by atoms with Crippen molar-refractivity contribution in [1.82, 2.24) is 0 Å². The van der Waals surface area contributed by atoms with Gasteiger partial charge in [0.05, 0.1) is 0 Å². The third-order valence-corrected chi connectivity index (χ3v) is 13.2. The van der Waals surface area contributed by atoms with Gasteiger partial charge in [0, 0.05) is 19.3 Å². The number of hydrogen-bond donors (Lipinski definition) is 0. The van der Waals surface area contributed by atoms with Crippen LogP contribution in [0.15, 0.2) is 109 Å². The van der Waals surface area contributed by atoms with E-state index in [-0.39, 0.29) is 31.1 Å². The van der Waals surface area contributed by atoms with Crippen LogP contribution in [-0.4, -0.2) is 37.2 Å². The minimum atomic E-state index is -0.803. The molecule has 0 unspecified atom stereocenters. The van der Waals surface area contributed by atoms with Gasteiger partial charge >= 0.3 is 17.9 Å². The number of allylic oxidation sites excluding steroid dienone is 18. The molecule has 0 amide bonds. The van der Waals surface area contributed by atoms with E-state index < -0.39 is 6.10 Å². The lowest BCUT2D eigenvalue weighted by Gasteiger charge is -2.18. The largest absolute Gasteiger partial charge is 0.462 e. The van der Waals surface area contributed by atoms with Gasteiger partial charge in [-0.05, 0) is 128 Å². The summed E-state index contributed by atoms with van der Waals surface area (Å²) in [5, 5.41) is 0. The molecule has 0 radical (unpaired) electrons. The van der Waals surface area contributed by atoms with E-state index >= 15 is 0 Å². The third kappa shape index (κ3) is 60.8. The second-order valence-corrected chi connectivity index (χ2v) is 20.6. The van der Waals surface area contributed by atoms with E-state index in [1.165, 1.54) is 128 Å². The molecule has 0 aromatic carbocycles. The summed E-state index contributed by atoms with van der Waals surface area (Å²) in [6.07, 6.45) is 85.1. The minimum absolute atomic E-state index is 0.0959. The summed E-state index contributed by atoms with van der Waals surface area (Å²) < 4.78 is 16.9. The Kier molecular flexibility index (Phi) is 59.3. The van der Waals surface area contributed by atoms with Crippen molar-refractivity contribution in [3.05, 3.63) is 109 Å². The van der Waals surface area contributed by atoms with E-state index in [2.05, 4.69) is 130 Å². The fourth-order valence-electron chi connectivity index (χ4n) is 8.53. The summed E-state index contributed by atoms with van der Waals surface area (Å²) in [7, 11) is 0. The molecular formula is C69H116O6. The molecule has 0 spiro atoms. The smallest absolute Gasteiger partial charge is 0.306 e. The zero-order valence-corrected chi connectivity index (χ0v) is 49.0. The van der Waals surface area contributed by atoms with Gasteiger partial charge in [-0.2, -0.15) is 0 Å². The van der Waals surface area contributed by atoms with Crippen LogP contribution in [0, 0.1) is 0 Å². The first-order valence-electron chi connectivity index (χ1n) is 31.4. The standard InChI is InChI=1S/C69H116O6/c1-4-7-10-13-16-19-22-25-28-31-34-37-40-43-46-49-52-55-58-61-67(70)73-64-66(75-69(72)63-60-57-54-51-48-45-42-39-36-33-30-27-24-21-18-15-12-9-6-3)65-74-68(71)62-59-56-53-50-47-44-41-38-35-32-29-26-23-20-17-14-11-8-5-2/h7,10,16,18-19,21,25-30,34,36-37,39,43,46,66H,4-6,8-9,11-15,17,20,22-24,31-33,35,38,40-42,44-45,47-65H2,1-3H3/b10-7-,19-16-,21-18-,28-25-,29-26-,30-27-,37-34-,39-36-,46-43-/t66-/m0/s1. The van der Waals surface area contributed by atoms with E-state index in [0.717, 1.165) is 122 Å². The molecule has 6 heteroatoms. The fourth-order valence-corrected chi connectivity index (χ4v) is 8.53.